The Morgan fingerprint density at radius 1 is 1.50 bits per heavy atom. The summed E-state index contributed by atoms with van der Waals surface area (Å²) in [6.45, 7) is 5.25. The van der Waals surface area contributed by atoms with Crippen LogP contribution in [0.25, 0.3) is 0 Å². The molecule has 1 aromatic carbocycles. The van der Waals surface area contributed by atoms with Crippen LogP contribution in [0.15, 0.2) is 6.07 Å². The molecule has 0 radical (unpaired) electrons. The van der Waals surface area contributed by atoms with Crippen LogP contribution in [-0.2, 0) is 10.2 Å². The Balaban J connectivity index is 3.47. The molecule has 0 atom stereocenters. The zero-order valence-corrected chi connectivity index (χ0v) is 11.6. The fourth-order valence-electron chi connectivity index (χ4n) is 2.16. The Bertz CT molecular complexity index is 480. The van der Waals surface area contributed by atoms with Crippen LogP contribution < -0.4 is 4.74 Å². The van der Waals surface area contributed by atoms with Gasteiger partial charge in [0, 0.05) is 22.1 Å². The molecule has 0 aliphatic heterocycles. The van der Waals surface area contributed by atoms with Gasteiger partial charge in [0.25, 0.3) is 0 Å². The van der Waals surface area contributed by atoms with Crippen molar-refractivity contribution in [2.24, 2.45) is 0 Å². The van der Waals surface area contributed by atoms with Crippen LogP contribution in [0.3, 0.4) is 0 Å². The molecule has 100 valence electrons. The zero-order valence-electron chi connectivity index (χ0n) is 10.9. The number of ether oxygens (including phenoxy) is 1. The van der Waals surface area contributed by atoms with Crippen molar-refractivity contribution in [2.75, 3.05) is 7.11 Å². The van der Waals surface area contributed by atoms with E-state index in [2.05, 4.69) is 0 Å². The Morgan fingerprint density at radius 3 is 2.50 bits per heavy atom. The highest BCUT2D eigenvalue weighted by Gasteiger charge is 2.31. The summed E-state index contributed by atoms with van der Waals surface area (Å²) in [5.74, 6) is -0.734. The quantitative estimate of drug-likeness (QED) is 0.884. The van der Waals surface area contributed by atoms with Crippen molar-refractivity contribution in [1.29, 1.82) is 0 Å². The van der Waals surface area contributed by atoms with Crippen molar-refractivity contribution >= 4 is 17.6 Å². The number of carboxylic acids is 1. The largest absolute Gasteiger partial charge is 0.504 e. The second-order valence-corrected chi connectivity index (χ2v) is 5.27. The SMILES string of the molecule is COc1cc(Cl)c(C)c(C(C)(C)CC(=O)O)c1O. The second kappa shape index (κ2) is 5.06. The molecule has 1 rings (SSSR count). The number of rotatable bonds is 4. The van der Waals surface area contributed by atoms with E-state index in [1.165, 1.54) is 13.2 Å². The number of phenols is 1. The molecular formula is C13H17ClO4. The summed E-state index contributed by atoms with van der Waals surface area (Å²) >= 11 is 6.07. The smallest absolute Gasteiger partial charge is 0.304 e. The number of benzene rings is 1. The summed E-state index contributed by atoms with van der Waals surface area (Å²) in [6, 6.07) is 1.52. The molecule has 2 N–H and O–H groups in total. The van der Waals surface area contributed by atoms with Gasteiger partial charge in [0.05, 0.1) is 13.5 Å². The molecule has 0 amide bonds. The Kier molecular flexibility index (Phi) is 4.12. The third-order valence-corrected chi connectivity index (χ3v) is 3.34. The molecule has 0 fully saturated rings. The fraction of sp³-hybridized carbons (Fsp3) is 0.462. The first-order valence-corrected chi connectivity index (χ1v) is 5.87. The van der Waals surface area contributed by atoms with Gasteiger partial charge in [-0.05, 0) is 12.5 Å². The molecule has 0 aliphatic carbocycles. The van der Waals surface area contributed by atoms with E-state index in [-0.39, 0.29) is 17.9 Å². The van der Waals surface area contributed by atoms with Gasteiger partial charge in [0.15, 0.2) is 11.5 Å². The Hall–Kier alpha value is -1.42. The van der Waals surface area contributed by atoms with Crippen LogP contribution in [0.1, 0.15) is 31.4 Å². The number of carboxylic acid groups (broad SMARTS) is 1. The lowest BCUT2D eigenvalue weighted by Gasteiger charge is -2.27. The van der Waals surface area contributed by atoms with E-state index in [0.29, 0.717) is 16.1 Å². The summed E-state index contributed by atoms with van der Waals surface area (Å²) < 4.78 is 5.04. The first-order valence-electron chi connectivity index (χ1n) is 5.49. The summed E-state index contributed by atoms with van der Waals surface area (Å²) in [5, 5.41) is 19.6. The molecular weight excluding hydrogens is 256 g/mol. The third kappa shape index (κ3) is 2.70. The van der Waals surface area contributed by atoms with Crippen molar-refractivity contribution in [3.05, 3.63) is 22.2 Å². The maximum atomic E-state index is 10.9. The lowest BCUT2D eigenvalue weighted by molar-refractivity contribution is -0.138. The molecule has 0 aromatic heterocycles. The third-order valence-electron chi connectivity index (χ3n) is 2.95. The van der Waals surface area contributed by atoms with E-state index in [1.54, 1.807) is 20.8 Å². The predicted molar refractivity (Wildman–Crippen MR) is 69.7 cm³/mol. The van der Waals surface area contributed by atoms with Gasteiger partial charge in [-0.15, -0.1) is 0 Å². The van der Waals surface area contributed by atoms with E-state index in [0.717, 1.165) is 0 Å². The van der Waals surface area contributed by atoms with E-state index in [9.17, 15) is 9.90 Å². The van der Waals surface area contributed by atoms with Crippen molar-refractivity contribution in [3.63, 3.8) is 0 Å². The minimum Gasteiger partial charge on any atom is -0.504 e. The summed E-state index contributed by atoms with van der Waals surface area (Å²) in [6.07, 6.45) is -0.106. The lowest BCUT2D eigenvalue weighted by Crippen LogP contribution is -2.23. The van der Waals surface area contributed by atoms with Crippen molar-refractivity contribution in [2.45, 2.75) is 32.6 Å². The average Bonchev–Trinajstić information content (AvgIpc) is 2.21. The van der Waals surface area contributed by atoms with Crippen LogP contribution in [0.2, 0.25) is 5.02 Å². The Labute approximate surface area is 111 Å². The highest BCUT2D eigenvalue weighted by molar-refractivity contribution is 6.31. The summed E-state index contributed by atoms with van der Waals surface area (Å²) in [5.41, 5.74) is 0.438. The van der Waals surface area contributed by atoms with Gasteiger partial charge in [-0.2, -0.15) is 0 Å². The van der Waals surface area contributed by atoms with Gasteiger partial charge in [-0.25, -0.2) is 0 Å². The molecule has 0 bridgehead atoms. The first kappa shape index (κ1) is 14.6. The molecule has 5 heteroatoms. The minimum atomic E-state index is -0.933. The van der Waals surface area contributed by atoms with Crippen LogP contribution in [0.5, 0.6) is 11.5 Å². The number of hydrogen-bond acceptors (Lipinski definition) is 3. The number of aliphatic carboxylic acids is 1. The van der Waals surface area contributed by atoms with Gasteiger partial charge in [-0.1, -0.05) is 25.4 Å². The predicted octanol–water partition coefficient (Wildman–Crippen LogP) is 3.11. The topological polar surface area (TPSA) is 66.8 Å². The first-order chi connectivity index (χ1) is 8.20. The van der Waals surface area contributed by atoms with Crippen molar-refractivity contribution in [3.8, 4) is 11.5 Å². The van der Waals surface area contributed by atoms with Gasteiger partial charge < -0.3 is 14.9 Å². The summed E-state index contributed by atoms with van der Waals surface area (Å²) in [4.78, 5) is 10.9. The second-order valence-electron chi connectivity index (χ2n) is 4.86. The maximum Gasteiger partial charge on any atom is 0.304 e. The molecule has 0 heterocycles. The number of methoxy groups -OCH3 is 1. The standard InChI is InChI=1S/C13H17ClO4/c1-7-8(14)5-9(18-4)12(17)11(7)13(2,3)6-10(15)16/h5,17H,6H2,1-4H3,(H,15,16). The van der Waals surface area contributed by atoms with E-state index in [1.807, 2.05) is 0 Å². The lowest BCUT2D eigenvalue weighted by atomic mass is 9.78. The molecule has 0 aliphatic rings. The molecule has 0 unspecified atom stereocenters. The van der Waals surface area contributed by atoms with Crippen molar-refractivity contribution in [1.82, 2.24) is 0 Å². The van der Waals surface area contributed by atoms with Crippen LogP contribution in [0, 0.1) is 6.92 Å². The van der Waals surface area contributed by atoms with Gasteiger partial charge >= 0.3 is 5.97 Å². The number of hydrogen-bond donors (Lipinski definition) is 2. The highest BCUT2D eigenvalue weighted by Crippen LogP contribution is 2.44. The van der Waals surface area contributed by atoms with Crippen LogP contribution in [-0.4, -0.2) is 23.3 Å². The molecule has 0 spiro atoms. The number of phenolic OH excluding ortho intramolecular Hbond substituents is 1. The number of carbonyl (C=O) groups is 1. The monoisotopic (exact) mass is 272 g/mol. The normalized spacial score (nSPS) is 11.4. The van der Waals surface area contributed by atoms with E-state index < -0.39 is 11.4 Å². The zero-order chi connectivity index (χ0) is 14.1. The van der Waals surface area contributed by atoms with Gasteiger partial charge in [0.1, 0.15) is 0 Å². The maximum absolute atomic E-state index is 10.9. The molecule has 0 saturated heterocycles. The molecule has 0 saturated carbocycles. The van der Waals surface area contributed by atoms with Crippen LogP contribution in [0.4, 0.5) is 0 Å². The molecule has 1 aromatic rings. The van der Waals surface area contributed by atoms with Crippen molar-refractivity contribution < 1.29 is 19.7 Å². The summed E-state index contributed by atoms with van der Waals surface area (Å²) in [7, 11) is 1.43. The Morgan fingerprint density at radius 2 is 2.06 bits per heavy atom. The number of aromatic hydroxyl groups is 1. The fourth-order valence-corrected chi connectivity index (χ4v) is 2.36. The molecule has 4 nitrogen and oxygen atoms in total. The number of halogens is 1. The van der Waals surface area contributed by atoms with E-state index >= 15 is 0 Å². The minimum absolute atomic E-state index is 0.0503. The van der Waals surface area contributed by atoms with Gasteiger partial charge in [-0.3, -0.25) is 4.79 Å². The van der Waals surface area contributed by atoms with Crippen LogP contribution >= 0.6 is 11.6 Å². The average molecular weight is 273 g/mol. The molecule has 18 heavy (non-hydrogen) atoms. The van der Waals surface area contributed by atoms with Gasteiger partial charge in [0.2, 0.25) is 0 Å². The highest BCUT2D eigenvalue weighted by atomic mass is 35.5. The van der Waals surface area contributed by atoms with E-state index in [4.69, 9.17) is 21.4 Å².